The van der Waals surface area contributed by atoms with Gasteiger partial charge in [-0.2, -0.15) is 0 Å². The van der Waals surface area contributed by atoms with E-state index in [0.29, 0.717) is 6.61 Å². The second kappa shape index (κ2) is 6.58. The minimum Gasteiger partial charge on any atom is -0.489 e. The van der Waals surface area contributed by atoms with Crippen molar-refractivity contribution in [1.29, 1.82) is 0 Å². The van der Waals surface area contributed by atoms with Crippen LogP contribution in [0.4, 0.5) is 0 Å². The summed E-state index contributed by atoms with van der Waals surface area (Å²) in [5.74, 6) is 0.944. The van der Waals surface area contributed by atoms with Gasteiger partial charge < -0.3 is 4.74 Å². The molecule has 0 spiro atoms. The minimum absolute atomic E-state index is 0.631. The van der Waals surface area contributed by atoms with E-state index in [2.05, 4.69) is 41.3 Å². The number of likely N-dealkylation sites (tertiary alicyclic amines) is 1. The molecule has 3 rings (SSSR count). The van der Waals surface area contributed by atoms with Crippen molar-refractivity contribution in [2.45, 2.75) is 26.0 Å². The zero-order chi connectivity index (χ0) is 13.6. The molecule has 2 heteroatoms. The first-order valence-corrected chi connectivity index (χ1v) is 7.38. The van der Waals surface area contributed by atoms with Crippen LogP contribution in [-0.2, 0) is 13.2 Å². The molecule has 20 heavy (non-hydrogen) atoms. The van der Waals surface area contributed by atoms with Crippen molar-refractivity contribution in [1.82, 2.24) is 4.90 Å². The van der Waals surface area contributed by atoms with E-state index in [4.69, 9.17) is 4.74 Å². The Hall–Kier alpha value is -1.80. The molecule has 1 fully saturated rings. The molecule has 2 nitrogen and oxygen atoms in total. The summed E-state index contributed by atoms with van der Waals surface area (Å²) < 4.78 is 5.80. The quantitative estimate of drug-likeness (QED) is 0.815. The number of benzene rings is 2. The fraction of sp³-hybridized carbons (Fsp3) is 0.333. The molecule has 2 aromatic rings. The summed E-state index contributed by atoms with van der Waals surface area (Å²) in [7, 11) is 0. The van der Waals surface area contributed by atoms with Crippen LogP contribution in [0.2, 0.25) is 0 Å². The molecule has 1 saturated heterocycles. The summed E-state index contributed by atoms with van der Waals surface area (Å²) in [6, 6.07) is 18.8. The highest BCUT2D eigenvalue weighted by molar-refractivity contribution is 5.27. The lowest BCUT2D eigenvalue weighted by atomic mass is 10.2. The second-order valence-electron chi connectivity index (χ2n) is 5.40. The van der Waals surface area contributed by atoms with Gasteiger partial charge >= 0.3 is 0 Å². The van der Waals surface area contributed by atoms with E-state index >= 15 is 0 Å². The Kier molecular flexibility index (Phi) is 4.34. The molecule has 0 N–H and O–H groups in total. The third-order valence-corrected chi connectivity index (χ3v) is 3.78. The van der Waals surface area contributed by atoms with E-state index < -0.39 is 0 Å². The molecule has 0 saturated carbocycles. The van der Waals surface area contributed by atoms with Crippen LogP contribution >= 0.6 is 0 Å². The van der Waals surface area contributed by atoms with Crippen LogP contribution in [0.25, 0.3) is 0 Å². The molecule has 1 aliphatic rings. The monoisotopic (exact) mass is 267 g/mol. The molecule has 0 amide bonds. The predicted molar refractivity (Wildman–Crippen MR) is 81.7 cm³/mol. The van der Waals surface area contributed by atoms with Gasteiger partial charge in [-0.25, -0.2) is 0 Å². The standard InChI is InChI=1S/C18H21NO/c1-2-6-17(7-3-1)15-20-18-10-8-16(9-11-18)14-19-12-4-5-13-19/h1-3,6-11H,4-5,12-15H2. The van der Waals surface area contributed by atoms with E-state index in [1.165, 1.54) is 37.1 Å². The summed E-state index contributed by atoms with van der Waals surface area (Å²) in [6.07, 6.45) is 2.69. The first-order chi connectivity index (χ1) is 9.90. The van der Waals surface area contributed by atoms with E-state index in [1.807, 2.05) is 18.2 Å². The van der Waals surface area contributed by atoms with Crippen molar-refractivity contribution in [2.75, 3.05) is 13.1 Å². The zero-order valence-corrected chi connectivity index (χ0v) is 11.8. The summed E-state index contributed by atoms with van der Waals surface area (Å²) in [5.41, 5.74) is 2.58. The molecular weight excluding hydrogens is 246 g/mol. The number of ether oxygens (including phenoxy) is 1. The maximum absolute atomic E-state index is 5.80. The fourth-order valence-electron chi connectivity index (χ4n) is 2.63. The molecule has 0 unspecified atom stereocenters. The molecule has 1 aliphatic heterocycles. The average Bonchev–Trinajstić information content (AvgIpc) is 3.01. The van der Waals surface area contributed by atoms with Crippen molar-refractivity contribution in [3.8, 4) is 5.75 Å². The Morgan fingerprint density at radius 2 is 1.50 bits per heavy atom. The maximum atomic E-state index is 5.80. The van der Waals surface area contributed by atoms with Gasteiger partial charge in [-0.15, -0.1) is 0 Å². The molecule has 104 valence electrons. The van der Waals surface area contributed by atoms with Crippen LogP contribution in [0, 0.1) is 0 Å². The summed E-state index contributed by atoms with van der Waals surface area (Å²) in [6.45, 7) is 4.18. The summed E-state index contributed by atoms with van der Waals surface area (Å²) in [5, 5.41) is 0. The predicted octanol–water partition coefficient (Wildman–Crippen LogP) is 3.86. The van der Waals surface area contributed by atoms with Crippen LogP contribution in [0.15, 0.2) is 54.6 Å². The molecule has 2 aromatic carbocycles. The molecular formula is C18H21NO. The highest BCUT2D eigenvalue weighted by Crippen LogP contribution is 2.17. The van der Waals surface area contributed by atoms with Gasteiger partial charge in [-0.3, -0.25) is 4.90 Å². The van der Waals surface area contributed by atoms with Crippen molar-refractivity contribution in [3.63, 3.8) is 0 Å². The number of nitrogens with zero attached hydrogens (tertiary/aromatic N) is 1. The van der Waals surface area contributed by atoms with Crippen LogP contribution in [0.3, 0.4) is 0 Å². The minimum atomic E-state index is 0.631. The van der Waals surface area contributed by atoms with Crippen LogP contribution < -0.4 is 4.74 Å². The van der Waals surface area contributed by atoms with E-state index in [9.17, 15) is 0 Å². The van der Waals surface area contributed by atoms with E-state index in [0.717, 1.165) is 12.3 Å². The lowest BCUT2D eigenvalue weighted by Crippen LogP contribution is -2.18. The molecule has 1 heterocycles. The van der Waals surface area contributed by atoms with Crippen molar-refractivity contribution in [2.24, 2.45) is 0 Å². The van der Waals surface area contributed by atoms with Gasteiger partial charge in [0.15, 0.2) is 0 Å². The lowest BCUT2D eigenvalue weighted by Gasteiger charge is -2.14. The normalized spacial score (nSPS) is 15.4. The Balaban J connectivity index is 1.53. The number of hydrogen-bond donors (Lipinski definition) is 0. The Bertz CT molecular complexity index is 515. The average molecular weight is 267 g/mol. The SMILES string of the molecule is c1ccc(COc2ccc(CN3CCCC3)cc2)cc1. The maximum Gasteiger partial charge on any atom is 0.119 e. The third-order valence-electron chi connectivity index (χ3n) is 3.78. The van der Waals surface area contributed by atoms with Gasteiger partial charge in [-0.1, -0.05) is 42.5 Å². The van der Waals surface area contributed by atoms with Gasteiger partial charge in [0.25, 0.3) is 0 Å². The van der Waals surface area contributed by atoms with Crippen molar-refractivity contribution in [3.05, 3.63) is 65.7 Å². The van der Waals surface area contributed by atoms with Gasteiger partial charge in [0, 0.05) is 6.54 Å². The van der Waals surface area contributed by atoms with Gasteiger partial charge in [0.2, 0.25) is 0 Å². The molecule has 0 bridgehead atoms. The van der Waals surface area contributed by atoms with E-state index in [-0.39, 0.29) is 0 Å². The first-order valence-electron chi connectivity index (χ1n) is 7.38. The lowest BCUT2D eigenvalue weighted by molar-refractivity contribution is 0.305. The fourth-order valence-corrected chi connectivity index (χ4v) is 2.63. The Morgan fingerprint density at radius 3 is 2.20 bits per heavy atom. The summed E-state index contributed by atoms with van der Waals surface area (Å²) in [4.78, 5) is 2.51. The van der Waals surface area contributed by atoms with Gasteiger partial charge in [-0.05, 0) is 49.2 Å². The summed E-state index contributed by atoms with van der Waals surface area (Å²) >= 11 is 0. The smallest absolute Gasteiger partial charge is 0.119 e. The van der Waals surface area contributed by atoms with Crippen LogP contribution in [-0.4, -0.2) is 18.0 Å². The second-order valence-corrected chi connectivity index (χ2v) is 5.40. The topological polar surface area (TPSA) is 12.5 Å². The van der Waals surface area contributed by atoms with Crippen molar-refractivity contribution < 1.29 is 4.74 Å². The number of hydrogen-bond acceptors (Lipinski definition) is 2. The first kappa shape index (κ1) is 13.2. The Morgan fingerprint density at radius 1 is 0.800 bits per heavy atom. The van der Waals surface area contributed by atoms with Crippen molar-refractivity contribution >= 4 is 0 Å². The highest BCUT2D eigenvalue weighted by atomic mass is 16.5. The Labute approximate surface area is 121 Å². The molecule has 0 atom stereocenters. The molecule has 0 aromatic heterocycles. The molecule has 0 aliphatic carbocycles. The molecule has 0 radical (unpaired) electrons. The van der Waals surface area contributed by atoms with E-state index in [1.54, 1.807) is 0 Å². The van der Waals surface area contributed by atoms with Gasteiger partial charge in [0.05, 0.1) is 0 Å². The van der Waals surface area contributed by atoms with Gasteiger partial charge in [0.1, 0.15) is 12.4 Å². The van der Waals surface area contributed by atoms with Crippen LogP contribution in [0.5, 0.6) is 5.75 Å². The third kappa shape index (κ3) is 3.61. The van der Waals surface area contributed by atoms with Crippen LogP contribution in [0.1, 0.15) is 24.0 Å². The zero-order valence-electron chi connectivity index (χ0n) is 11.8. The largest absolute Gasteiger partial charge is 0.489 e. The number of rotatable bonds is 5. The highest BCUT2D eigenvalue weighted by Gasteiger charge is 2.11.